The largest absolute Gasteiger partial charge is 0.305 e. The van der Waals surface area contributed by atoms with Gasteiger partial charge in [0.25, 0.3) is 11.8 Å². The Morgan fingerprint density at radius 3 is 1.94 bits per heavy atom. The molecule has 2 amide bonds. The Kier molecular flexibility index (Phi) is 6.34. The summed E-state index contributed by atoms with van der Waals surface area (Å²) < 4.78 is 27.0. The topological polar surface area (TPSA) is 40.6 Å². The number of nitrogens with zero attached hydrogens (tertiary/aromatic N) is 2. The number of fused-ring (bicyclic) bond motifs is 1. The zero-order valence-electron chi connectivity index (χ0n) is 19.6. The highest BCUT2D eigenvalue weighted by molar-refractivity contribution is 6.09. The van der Waals surface area contributed by atoms with E-state index in [1.54, 1.807) is 9.80 Å². The maximum atomic E-state index is 13.8. The summed E-state index contributed by atoms with van der Waals surface area (Å²) in [6.07, 6.45) is 0.478. The van der Waals surface area contributed by atoms with Crippen LogP contribution in [-0.2, 0) is 0 Å². The minimum absolute atomic E-state index is 0.232. The highest BCUT2D eigenvalue weighted by Crippen LogP contribution is 2.43. The Labute approximate surface area is 208 Å². The van der Waals surface area contributed by atoms with Crippen molar-refractivity contribution in [2.75, 3.05) is 9.80 Å². The minimum Gasteiger partial charge on any atom is -0.305 e. The summed E-state index contributed by atoms with van der Waals surface area (Å²) in [6.45, 7) is 1.94. The molecular formula is C30H24F2N2O2. The number of hydrogen-bond acceptors (Lipinski definition) is 2. The van der Waals surface area contributed by atoms with Gasteiger partial charge in [-0.25, -0.2) is 8.78 Å². The number of amides is 2. The fourth-order valence-electron chi connectivity index (χ4n) is 4.83. The van der Waals surface area contributed by atoms with E-state index in [4.69, 9.17) is 0 Å². The van der Waals surface area contributed by atoms with E-state index in [1.165, 1.54) is 48.5 Å². The normalized spacial score (nSPS) is 16.8. The fraction of sp³-hybridized carbons (Fsp3) is 0.133. The lowest BCUT2D eigenvalue weighted by atomic mass is 9.89. The van der Waals surface area contributed by atoms with Gasteiger partial charge in [-0.15, -0.1) is 0 Å². The number of halogens is 2. The van der Waals surface area contributed by atoms with Gasteiger partial charge in [-0.1, -0.05) is 36.4 Å². The van der Waals surface area contributed by atoms with Crippen molar-refractivity contribution in [3.63, 3.8) is 0 Å². The Morgan fingerprint density at radius 1 is 0.750 bits per heavy atom. The monoisotopic (exact) mass is 482 g/mol. The van der Waals surface area contributed by atoms with Crippen LogP contribution in [0.25, 0.3) is 0 Å². The molecule has 0 saturated carbocycles. The molecule has 36 heavy (non-hydrogen) atoms. The van der Waals surface area contributed by atoms with E-state index in [9.17, 15) is 18.4 Å². The molecule has 0 spiro atoms. The zero-order valence-corrected chi connectivity index (χ0v) is 19.6. The summed E-state index contributed by atoms with van der Waals surface area (Å²) in [6, 6.07) is 27.3. The molecule has 0 aliphatic carbocycles. The third-order valence-corrected chi connectivity index (χ3v) is 6.53. The van der Waals surface area contributed by atoms with Gasteiger partial charge >= 0.3 is 0 Å². The molecule has 2 unspecified atom stereocenters. The summed E-state index contributed by atoms with van der Waals surface area (Å²) in [5.74, 6) is -1.31. The molecule has 180 valence electrons. The number of rotatable bonds is 4. The van der Waals surface area contributed by atoms with E-state index < -0.39 is 11.6 Å². The van der Waals surface area contributed by atoms with Crippen LogP contribution < -0.4 is 9.80 Å². The maximum Gasteiger partial charge on any atom is 0.258 e. The van der Waals surface area contributed by atoms with E-state index in [1.807, 2.05) is 61.5 Å². The summed E-state index contributed by atoms with van der Waals surface area (Å²) >= 11 is 0. The number of para-hydroxylation sites is 2. The lowest BCUT2D eigenvalue weighted by molar-refractivity contribution is 0.0965. The molecule has 6 heteroatoms. The first-order valence-corrected chi connectivity index (χ1v) is 11.8. The van der Waals surface area contributed by atoms with Crippen LogP contribution in [0, 0.1) is 11.6 Å². The molecule has 0 bridgehead atoms. The molecule has 1 aliphatic heterocycles. The summed E-state index contributed by atoms with van der Waals surface area (Å²) in [4.78, 5) is 30.8. The van der Waals surface area contributed by atoms with Crippen LogP contribution in [-0.4, -0.2) is 17.9 Å². The molecule has 4 nitrogen and oxygen atoms in total. The predicted molar refractivity (Wildman–Crippen MR) is 136 cm³/mol. The van der Waals surface area contributed by atoms with Crippen molar-refractivity contribution in [3.8, 4) is 0 Å². The number of carbonyl (C=O) groups excluding carboxylic acids is 2. The molecule has 1 heterocycles. The highest BCUT2D eigenvalue weighted by Gasteiger charge is 2.39. The van der Waals surface area contributed by atoms with Crippen LogP contribution in [0.15, 0.2) is 103 Å². The van der Waals surface area contributed by atoms with E-state index in [2.05, 4.69) is 0 Å². The Bertz CT molecular complexity index is 1390. The lowest BCUT2D eigenvalue weighted by Crippen LogP contribution is -2.47. The molecular weight excluding hydrogens is 458 g/mol. The SMILES string of the molecule is CC1CC(N(C(=O)c2ccc(F)cc2)c2ccccc2)c2ccccc2N1C(=O)c1ccc(F)cc1. The van der Waals surface area contributed by atoms with Gasteiger partial charge in [0.05, 0.1) is 6.04 Å². The van der Waals surface area contributed by atoms with Gasteiger partial charge in [0.1, 0.15) is 11.6 Å². The molecule has 0 aromatic heterocycles. The molecule has 0 fully saturated rings. The third-order valence-electron chi connectivity index (χ3n) is 6.53. The molecule has 2 atom stereocenters. The zero-order chi connectivity index (χ0) is 25.2. The van der Waals surface area contributed by atoms with Crippen molar-refractivity contribution in [2.45, 2.75) is 25.4 Å². The van der Waals surface area contributed by atoms with Gasteiger partial charge in [-0.05, 0) is 85.6 Å². The van der Waals surface area contributed by atoms with Gasteiger partial charge in [0, 0.05) is 28.5 Å². The first-order chi connectivity index (χ1) is 17.4. The maximum absolute atomic E-state index is 13.8. The van der Waals surface area contributed by atoms with E-state index in [0.29, 0.717) is 28.9 Å². The van der Waals surface area contributed by atoms with Crippen LogP contribution in [0.3, 0.4) is 0 Å². The first-order valence-electron chi connectivity index (χ1n) is 11.8. The Morgan fingerprint density at radius 2 is 1.31 bits per heavy atom. The Hall–Kier alpha value is -4.32. The summed E-state index contributed by atoms with van der Waals surface area (Å²) in [5, 5.41) is 0. The Balaban J connectivity index is 1.60. The second kappa shape index (κ2) is 9.74. The third kappa shape index (κ3) is 4.38. The molecule has 1 aliphatic rings. The number of benzene rings is 4. The molecule has 5 rings (SSSR count). The van der Waals surface area contributed by atoms with Crippen LogP contribution >= 0.6 is 0 Å². The average Bonchev–Trinajstić information content (AvgIpc) is 2.90. The molecule has 4 aromatic carbocycles. The lowest BCUT2D eigenvalue weighted by Gasteiger charge is -2.43. The second-order valence-corrected chi connectivity index (χ2v) is 8.86. The van der Waals surface area contributed by atoms with Crippen molar-refractivity contribution in [3.05, 3.63) is 131 Å². The van der Waals surface area contributed by atoms with Crippen molar-refractivity contribution in [1.82, 2.24) is 0 Å². The molecule has 0 saturated heterocycles. The molecule has 0 radical (unpaired) electrons. The first kappa shape index (κ1) is 23.4. The predicted octanol–water partition coefficient (Wildman–Crippen LogP) is 6.79. The molecule has 0 N–H and O–H groups in total. The summed E-state index contributed by atoms with van der Waals surface area (Å²) in [5.41, 5.74) is 2.99. The quantitative estimate of drug-likeness (QED) is 0.321. The van der Waals surface area contributed by atoms with Gasteiger partial charge in [-0.3, -0.25) is 9.59 Å². The van der Waals surface area contributed by atoms with Crippen molar-refractivity contribution < 1.29 is 18.4 Å². The van der Waals surface area contributed by atoms with E-state index >= 15 is 0 Å². The van der Waals surface area contributed by atoms with Crippen molar-refractivity contribution >= 4 is 23.2 Å². The van der Waals surface area contributed by atoms with Crippen molar-refractivity contribution in [1.29, 1.82) is 0 Å². The number of anilines is 2. The minimum atomic E-state index is -0.413. The van der Waals surface area contributed by atoms with Gasteiger partial charge in [0.2, 0.25) is 0 Å². The average molecular weight is 483 g/mol. The van der Waals surface area contributed by atoms with Crippen LogP contribution in [0.1, 0.15) is 45.7 Å². The van der Waals surface area contributed by atoms with Crippen molar-refractivity contribution in [2.24, 2.45) is 0 Å². The molecule has 4 aromatic rings. The van der Waals surface area contributed by atoms with E-state index in [0.717, 1.165) is 5.56 Å². The smallest absolute Gasteiger partial charge is 0.258 e. The fourth-order valence-corrected chi connectivity index (χ4v) is 4.83. The van der Waals surface area contributed by atoms with Gasteiger partial charge in [-0.2, -0.15) is 0 Å². The summed E-state index contributed by atoms with van der Waals surface area (Å²) in [7, 11) is 0. The standard InChI is InChI=1S/C30H24F2N2O2/c1-20-19-28(34(25-7-3-2-4-8-25)30(36)22-13-17-24(32)18-14-22)26-9-5-6-10-27(26)33(20)29(35)21-11-15-23(31)16-12-21/h2-18,20,28H,19H2,1H3. The van der Waals surface area contributed by atoms with Crippen LogP contribution in [0.2, 0.25) is 0 Å². The van der Waals surface area contributed by atoms with E-state index in [-0.39, 0.29) is 23.9 Å². The number of hydrogen-bond donors (Lipinski definition) is 0. The second-order valence-electron chi connectivity index (χ2n) is 8.86. The van der Waals surface area contributed by atoms with Gasteiger partial charge < -0.3 is 9.80 Å². The van der Waals surface area contributed by atoms with Crippen LogP contribution in [0.4, 0.5) is 20.2 Å². The highest BCUT2D eigenvalue weighted by atomic mass is 19.1. The number of carbonyl (C=O) groups is 2. The van der Waals surface area contributed by atoms with Crippen LogP contribution in [0.5, 0.6) is 0 Å². The van der Waals surface area contributed by atoms with Gasteiger partial charge in [0.15, 0.2) is 0 Å².